The maximum Gasteiger partial charge on any atom is 0.0931 e. The Morgan fingerprint density at radius 2 is 2.00 bits per heavy atom. The Kier molecular flexibility index (Phi) is 5.30. The molecule has 1 saturated carbocycles. The topological polar surface area (TPSA) is 53.6 Å². The number of imidazole rings is 1. The zero-order valence-electron chi connectivity index (χ0n) is 15.6. The number of pyridine rings is 1. The van der Waals surface area contributed by atoms with Crippen LogP contribution in [0.4, 0.5) is 0 Å². The van der Waals surface area contributed by atoms with Gasteiger partial charge in [-0.05, 0) is 55.1 Å². The van der Waals surface area contributed by atoms with Crippen molar-refractivity contribution in [3.63, 3.8) is 0 Å². The molecule has 4 nitrogen and oxygen atoms in total. The smallest absolute Gasteiger partial charge is 0.0931 e. The Morgan fingerprint density at radius 3 is 2.85 bits per heavy atom. The standard InChI is InChI=1S/C22H28N4/c1-16-11-19(13-23-10-9-17-5-3-2-4-6-17)24-14-20(16)18-7-8-21-22(12-18)26-15-25-21/h7-8,11-12,14-15,17,23H,2-6,9-10,13H2,1H3,(H,25,26). The van der Waals surface area contributed by atoms with Crippen molar-refractivity contribution in [2.75, 3.05) is 6.54 Å². The van der Waals surface area contributed by atoms with Crippen LogP contribution in [0.3, 0.4) is 0 Å². The van der Waals surface area contributed by atoms with E-state index >= 15 is 0 Å². The molecule has 2 N–H and O–H groups in total. The normalized spacial score (nSPS) is 15.6. The lowest BCUT2D eigenvalue weighted by atomic mass is 9.87. The van der Waals surface area contributed by atoms with Crippen molar-refractivity contribution in [1.82, 2.24) is 20.3 Å². The van der Waals surface area contributed by atoms with Crippen LogP contribution in [0.5, 0.6) is 0 Å². The minimum absolute atomic E-state index is 0.855. The van der Waals surface area contributed by atoms with Crippen LogP contribution < -0.4 is 5.32 Å². The molecule has 1 aliphatic carbocycles. The second-order valence-corrected chi connectivity index (χ2v) is 7.59. The van der Waals surface area contributed by atoms with Gasteiger partial charge in [0.15, 0.2) is 0 Å². The van der Waals surface area contributed by atoms with Crippen LogP contribution in [0.1, 0.15) is 49.8 Å². The molecule has 0 saturated heterocycles. The van der Waals surface area contributed by atoms with Crippen LogP contribution in [0.25, 0.3) is 22.2 Å². The molecule has 0 spiro atoms. The molecule has 0 radical (unpaired) electrons. The summed E-state index contributed by atoms with van der Waals surface area (Å²) < 4.78 is 0. The van der Waals surface area contributed by atoms with Gasteiger partial charge in [-0.15, -0.1) is 0 Å². The number of nitrogens with zero attached hydrogens (tertiary/aromatic N) is 2. The average molecular weight is 348 g/mol. The monoisotopic (exact) mass is 348 g/mol. The fourth-order valence-corrected chi connectivity index (χ4v) is 4.11. The molecule has 0 atom stereocenters. The number of hydrogen-bond donors (Lipinski definition) is 2. The van der Waals surface area contributed by atoms with Crippen molar-refractivity contribution < 1.29 is 0 Å². The molecule has 0 amide bonds. The van der Waals surface area contributed by atoms with Gasteiger partial charge in [0.05, 0.1) is 23.1 Å². The maximum absolute atomic E-state index is 4.68. The minimum Gasteiger partial charge on any atom is -0.345 e. The second-order valence-electron chi connectivity index (χ2n) is 7.59. The van der Waals surface area contributed by atoms with Crippen molar-refractivity contribution >= 4 is 11.0 Å². The number of H-pyrrole nitrogens is 1. The van der Waals surface area contributed by atoms with Crippen molar-refractivity contribution in [2.45, 2.75) is 52.0 Å². The van der Waals surface area contributed by atoms with E-state index in [1.807, 2.05) is 6.20 Å². The van der Waals surface area contributed by atoms with Gasteiger partial charge in [-0.2, -0.15) is 0 Å². The predicted molar refractivity (Wildman–Crippen MR) is 107 cm³/mol. The number of fused-ring (bicyclic) bond motifs is 1. The van der Waals surface area contributed by atoms with Crippen LogP contribution >= 0.6 is 0 Å². The fourth-order valence-electron chi connectivity index (χ4n) is 4.11. The first-order valence-electron chi connectivity index (χ1n) is 9.89. The van der Waals surface area contributed by atoms with Crippen molar-refractivity contribution in [3.05, 3.63) is 48.0 Å². The van der Waals surface area contributed by atoms with Crippen molar-refractivity contribution in [2.24, 2.45) is 5.92 Å². The van der Waals surface area contributed by atoms with E-state index in [0.29, 0.717) is 0 Å². The average Bonchev–Trinajstić information content (AvgIpc) is 3.14. The molecule has 26 heavy (non-hydrogen) atoms. The number of hydrogen-bond acceptors (Lipinski definition) is 3. The van der Waals surface area contributed by atoms with Crippen LogP contribution in [0.2, 0.25) is 0 Å². The van der Waals surface area contributed by atoms with Gasteiger partial charge in [-0.1, -0.05) is 38.2 Å². The highest BCUT2D eigenvalue weighted by atomic mass is 14.9. The van der Waals surface area contributed by atoms with Crippen LogP contribution in [-0.4, -0.2) is 21.5 Å². The number of aromatic nitrogens is 3. The number of rotatable bonds is 6. The van der Waals surface area contributed by atoms with Crippen LogP contribution in [-0.2, 0) is 6.54 Å². The SMILES string of the molecule is Cc1cc(CNCCC2CCCCC2)ncc1-c1ccc2nc[nH]c2c1. The summed E-state index contributed by atoms with van der Waals surface area (Å²) in [5.74, 6) is 0.936. The Labute approximate surface area is 155 Å². The molecule has 0 bridgehead atoms. The van der Waals surface area contributed by atoms with E-state index in [0.717, 1.165) is 35.7 Å². The lowest BCUT2D eigenvalue weighted by Gasteiger charge is -2.21. The summed E-state index contributed by atoms with van der Waals surface area (Å²) in [5.41, 5.74) is 6.82. The molecule has 1 fully saturated rings. The van der Waals surface area contributed by atoms with Crippen LogP contribution in [0, 0.1) is 12.8 Å². The molecule has 1 aliphatic rings. The second kappa shape index (κ2) is 8.00. The van der Waals surface area contributed by atoms with Gasteiger partial charge in [0.2, 0.25) is 0 Å². The van der Waals surface area contributed by atoms with Gasteiger partial charge in [-0.3, -0.25) is 4.98 Å². The van der Waals surface area contributed by atoms with Gasteiger partial charge >= 0.3 is 0 Å². The van der Waals surface area contributed by atoms with Gasteiger partial charge in [0.1, 0.15) is 0 Å². The van der Waals surface area contributed by atoms with E-state index in [2.05, 4.69) is 51.5 Å². The molecule has 0 aliphatic heterocycles. The predicted octanol–water partition coefficient (Wildman–Crippen LogP) is 4.99. The molecule has 4 heteroatoms. The number of aryl methyl sites for hydroxylation is 1. The van der Waals surface area contributed by atoms with E-state index in [4.69, 9.17) is 0 Å². The number of aromatic amines is 1. The van der Waals surface area contributed by atoms with Crippen LogP contribution in [0.15, 0.2) is 36.8 Å². The summed E-state index contributed by atoms with van der Waals surface area (Å²) in [6.45, 7) is 4.12. The first-order valence-corrected chi connectivity index (χ1v) is 9.89. The first kappa shape index (κ1) is 17.2. The molecule has 2 heterocycles. The summed E-state index contributed by atoms with van der Waals surface area (Å²) in [6, 6.07) is 8.53. The van der Waals surface area contributed by atoms with Crippen molar-refractivity contribution in [3.8, 4) is 11.1 Å². The van der Waals surface area contributed by atoms with E-state index < -0.39 is 0 Å². The summed E-state index contributed by atoms with van der Waals surface area (Å²) in [6.07, 6.45) is 12.2. The third-order valence-electron chi connectivity index (χ3n) is 5.66. The molecule has 136 valence electrons. The van der Waals surface area contributed by atoms with E-state index in [1.54, 1.807) is 6.33 Å². The first-order chi connectivity index (χ1) is 12.8. The molecular formula is C22H28N4. The third kappa shape index (κ3) is 3.96. The van der Waals surface area contributed by atoms with Gasteiger partial charge in [-0.25, -0.2) is 4.98 Å². The highest BCUT2D eigenvalue weighted by Gasteiger charge is 2.12. The highest BCUT2D eigenvalue weighted by Crippen LogP contribution is 2.27. The lowest BCUT2D eigenvalue weighted by molar-refractivity contribution is 0.333. The van der Waals surface area contributed by atoms with E-state index in [1.165, 1.54) is 55.2 Å². The Bertz CT molecular complexity index is 861. The zero-order chi connectivity index (χ0) is 17.8. The maximum atomic E-state index is 4.68. The summed E-state index contributed by atoms with van der Waals surface area (Å²) >= 11 is 0. The molecule has 0 unspecified atom stereocenters. The fraction of sp³-hybridized carbons (Fsp3) is 0.455. The molecule has 2 aromatic heterocycles. The Hall–Kier alpha value is -2.20. The van der Waals surface area contributed by atoms with Crippen molar-refractivity contribution in [1.29, 1.82) is 0 Å². The zero-order valence-corrected chi connectivity index (χ0v) is 15.6. The van der Waals surface area contributed by atoms with E-state index in [-0.39, 0.29) is 0 Å². The number of nitrogens with one attached hydrogen (secondary N) is 2. The largest absolute Gasteiger partial charge is 0.345 e. The minimum atomic E-state index is 0.855. The van der Waals surface area contributed by atoms with Gasteiger partial charge in [0, 0.05) is 18.3 Å². The molecule has 3 aromatic rings. The molecular weight excluding hydrogens is 320 g/mol. The van der Waals surface area contributed by atoms with Gasteiger partial charge < -0.3 is 10.3 Å². The Morgan fingerprint density at radius 1 is 1.12 bits per heavy atom. The lowest BCUT2D eigenvalue weighted by Crippen LogP contribution is -2.19. The summed E-state index contributed by atoms with van der Waals surface area (Å²) in [7, 11) is 0. The summed E-state index contributed by atoms with van der Waals surface area (Å²) in [5, 5.41) is 3.58. The number of benzene rings is 1. The third-order valence-corrected chi connectivity index (χ3v) is 5.66. The quantitative estimate of drug-likeness (QED) is 0.617. The highest BCUT2D eigenvalue weighted by molar-refractivity contribution is 5.82. The molecule has 4 rings (SSSR count). The Balaban J connectivity index is 1.36. The van der Waals surface area contributed by atoms with Gasteiger partial charge in [0.25, 0.3) is 0 Å². The molecule has 1 aromatic carbocycles. The summed E-state index contributed by atoms with van der Waals surface area (Å²) in [4.78, 5) is 12.1. The van der Waals surface area contributed by atoms with E-state index in [9.17, 15) is 0 Å².